The topological polar surface area (TPSA) is 26.0 Å². The van der Waals surface area contributed by atoms with Gasteiger partial charge in [-0.1, -0.05) is 29.8 Å². The zero-order valence-electron chi connectivity index (χ0n) is 8.59. The van der Waals surface area contributed by atoms with Gasteiger partial charge in [0, 0.05) is 22.1 Å². The van der Waals surface area contributed by atoms with Crippen LogP contribution >= 0.6 is 23.4 Å². The fourth-order valence-electron chi connectivity index (χ4n) is 1.04. The maximum absolute atomic E-state index is 6.03. The molecule has 0 amide bonds. The van der Waals surface area contributed by atoms with Gasteiger partial charge < -0.3 is 5.73 Å². The van der Waals surface area contributed by atoms with Crippen LogP contribution in [0.25, 0.3) is 0 Å². The minimum Gasteiger partial charge on any atom is -0.325 e. The van der Waals surface area contributed by atoms with Crippen molar-refractivity contribution in [1.29, 1.82) is 0 Å². The van der Waals surface area contributed by atoms with E-state index < -0.39 is 0 Å². The molecular weight excluding hydrogens is 214 g/mol. The van der Waals surface area contributed by atoms with Crippen molar-refractivity contribution in [2.45, 2.75) is 25.1 Å². The van der Waals surface area contributed by atoms with E-state index in [4.69, 9.17) is 17.3 Å². The average molecular weight is 230 g/mol. The van der Waals surface area contributed by atoms with Crippen molar-refractivity contribution in [3.63, 3.8) is 0 Å². The molecule has 0 aromatic heterocycles. The first-order valence-corrected chi connectivity index (χ1v) is 6.12. The molecule has 0 saturated heterocycles. The fraction of sp³-hybridized carbons (Fsp3) is 0.455. The zero-order chi connectivity index (χ0) is 10.6. The Kier molecular flexibility index (Phi) is 4.30. The molecule has 3 heteroatoms. The molecule has 0 bridgehead atoms. The molecule has 78 valence electrons. The number of halogens is 1. The number of benzene rings is 1. The lowest BCUT2D eigenvalue weighted by Crippen LogP contribution is -2.34. The smallest absolute Gasteiger partial charge is 0.0446 e. The molecule has 1 aromatic rings. The van der Waals surface area contributed by atoms with E-state index in [1.165, 1.54) is 5.56 Å². The summed E-state index contributed by atoms with van der Waals surface area (Å²) in [6.07, 6.45) is 0. The first kappa shape index (κ1) is 11.9. The molecule has 14 heavy (non-hydrogen) atoms. The van der Waals surface area contributed by atoms with Gasteiger partial charge in [-0.3, -0.25) is 0 Å². The summed E-state index contributed by atoms with van der Waals surface area (Å²) < 4.78 is 0. The van der Waals surface area contributed by atoms with Gasteiger partial charge in [0.05, 0.1) is 0 Å². The summed E-state index contributed by atoms with van der Waals surface area (Å²) in [5, 5.41) is 0.842. The van der Waals surface area contributed by atoms with Crippen molar-refractivity contribution in [2.75, 3.05) is 5.75 Å². The molecule has 0 unspecified atom stereocenters. The molecule has 0 aliphatic carbocycles. The number of hydrogen-bond acceptors (Lipinski definition) is 2. The standard InChI is InChI=1S/C11H16ClNS/c1-11(2,13)8-14-7-9-5-3-4-6-10(9)12/h3-6H,7-8,13H2,1-2H3. The lowest BCUT2D eigenvalue weighted by molar-refractivity contribution is 0.591. The van der Waals surface area contributed by atoms with Crippen LogP contribution < -0.4 is 5.73 Å². The number of hydrogen-bond donors (Lipinski definition) is 1. The van der Waals surface area contributed by atoms with Crippen LogP contribution in [-0.2, 0) is 5.75 Å². The molecule has 1 rings (SSSR count). The molecule has 1 aromatic carbocycles. The molecule has 0 saturated carbocycles. The average Bonchev–Trinajstić information content (AvgIpc) is 2.06. The number of thioether (sulfide) groups is 1. The highest BCUT2D eigenvalue weighted by Gasteiger charge is 2.10. The summed E-state index contributed by atoms with van der Waals surface area (Å²) in [4.78, 5) is 0. The first-order valence-electron chi connectivity index (χ1n) is 4.59. The lowest BCUT2D eigenvalue weighted by atomic mass is 10.1. The van der Waals surface area contributed by atoms with Crippen molar-refractivity contribution in [3.8, 4) is 0 Å². The molecule has 0 atom stereocenters. The van der Waals surface area contributed by atoms with E-state index in [0.717, 1.165) is 16.5 Å². The molecule has 0 fully saturated rings. The van der Waals surface area contributed by atoms with Crippen LogP contribution in [0.1, 0.15) is 19.4 Å². The van der Waals surface area contributed by atoms with Crippen molar-refractivity contribution < 1.29 is 0 Å². The fourth-order valence-corrected chi connectivity index (χ4v) is 2.42. The minimum absolute atomic E-state index is 0.105. The Hall–Kier alpha value is -0.180. The summed E-state index contributed by atoms with van der Waals surface area (Å²) in [7, 11) is 0. The Morgan fingerprint density at radius 2 is 2.00 bits per heavy atom. The van der Waals surface area contributed by atoms with E-state index in [1.807, 2.05) is 43.8 Å². The summed E-state index contributed by atoms with van der Waals surface area (Å²) in [5.74, 6) is 1.87. The summed E-state index contributed by atoms with van der Waals surface area (Å²) >= 11 is 7.85. The monoisotopic (exact) mass is 229 g/mol. The maximum atomic E-state index is 6.03. The Bertz CT molecular complexity index is 294. The van der Waals surface area contributed by atoms with E-state index >= 15 is 0 Å². The minimum atomic E-state index is -0.105. The third kappa shape index (κ3) is 4.36. The van der Waals surface area contributed by atoms with Gasteiger partial charge in [0.2, 0.25) is 0 Å². The lowest BCUT2D eigenvalue weighted by Gasteiger charge is -2.17. The van der Waals surface area contributed by atoms with Gasteiger partial charge in [0.25, 0.3) is 0 Å². The van der Waals surface area contributed by atoms with Crippen LogP contribution in [0.5, 0.6) is 0 Å². The van der Waals surface area contributed by atoms with E-state index in [2.05, 4.69) is 6.07 Å². The first-order chi connectivity index (χ1) is 6.49. The summed E-state index contributed by atoms with van der Waals surface area (Å²) in [5.41, 5.74) is 6.96. The second kappa shape index (κ2) is 5.06. The largest absolute Gasteiger partial charge is 0.325 e. The van der Waals surface area contributed by atoms with E-state index in [1.54, 1.807) is 0 Å². The van der Waals surface area contributed by atoms with Gasteiger partial charge in [0.15, 0.2) is 0 Å². The van der Waals surface area contributed by atoms with Gasteiger partial charge in [-0.2, -0.15) is 11.8 Å². The zero-order valence-corrected chi connectivity index (χ0v) is 10.2. The molecular formula is C11H16ClNS. The third-order valence-corrected chi connectivity index (χ3v) is 3.52. The van der Waals surface area contributed by atoms with Crippen LogP contribution in [0.15, 0.2) is 24.3 Å². The van der Waals surface area contributed by atoms with Gasteiger partial charge in [-0.15, -0.1) is 0 Å². The maximum Gasteiger partial charge on any atom is 0.0446 e. The Labute approximate surface area is 95.0 Å². The molecule has 0 aliphatic rings. The highest BCUT2D eigenvalue weighted by atomic mass is 35.5. The normalized spacial score (nSPS) is 11.7. The summed E-state index contributed by atoms with van der Waals surface area (Å²) in [6, 6.07) is 7.93. The molecule has 0 aliphatic heterocycles. The highest BCUT2D eigenvalue weighted by Crippen LogP contribution is 2.22. The molecule has 0 radical (unpaired) electrons. The van der Waals surface area contributed by atoms with Crippen LogP contribution in [0, 0.1) is 0 Å². The van der Waals surface area contributed by atoms with E-state index in [-0.39, 0.29) is 5.54 Å². The van der Waals surface area contributed by atoms with Crippen LogP contribution in [-0.4, -0.2) is 11.3 Å². The van der Waals surface area contributed by atoms with Crippen LogP contribution in [0.3, 0.4) is 0 Å². The number of rotatable bonds is 4. The molecule has 0 heterocycles. The van der Waals surface area contributed by atoms with Crippen molar-refractivity contribution in [2.24, 2.45) is 5.73 Å². The molecule has 0 spiro atoms. The predicted molar refractivity (Wildman–Crippen MR) is 65.9 cm³/mol. The van der Waals surface area contributed by atoms with Gasteiger partial charge in [0.1, 0.15) is 0 Å². The predicted octanol–water partition coefficient (Wildman–Crippen LogP) is 3.31. The van der Waals surface area contributed by atoms with Crippen molar-refractivity contribution >= 4 is 23.4 Å². The number of nitrogens with two attached hydrogens (primary N) is 1. The van der Waals surface area contributed by atoms with E-state index in [0.29, 0.717) is 0 Å². The van der Waals surface area contributed by atoms with Gasteiger partial charge >= 0.3 is 0 Å². The van der Waals surface area contributed by atoms with E-state index in [9.17, 15) is 0 Å². The summed E-state index contributed by atoms with van der Waals surface area (Å²) in [6.45, 7) is 4.07. The molecule has 2 N–H and O–H groups in total. The van der Waals surface area contributed by atoms with Gasteiger partial charge in [-0.05, 0) is 25.5 Å². The quantitative estimate of drug-likeness (QED) is 0.858. The second-order valence-corrected chi connectivity index (χ2v) is 5.47. The van der Waals surface area contributed by atoms with Crippen molar-refractivity contribution in [1.82, 2.24) is 0 Å². The second-order valence-electron chi connectivity index (χ2n) is 4.07. The van der Waals surface area contributed by atoms with Crippen LogP contribution in [0.4, 0.5) is 0 Å². The SMILES string of the molecule is CC(C)(N)CSCc1ccccc1Cl. The molecule has 1 nitrogen and oxygen atoms in total. The third-order valence-electron chi connectivity index (χ3n) is 1.69. The highest BCUT2D eigenvalue weighted by molar-refractivity contribution is 7.98. The van der Waals surface area contributed by atoms with Crippen LogP contribution in [0.2, 0.25) is 5.02 Å². The Balaban J connectivity index is 2.43. The Morgan fingerprint density at radius 1 is 1.36 bits per heavy atom. The van der Waals surface area contributed by atoms with Gasteiger partial charge in [-0.25, -0.2) is 0 Å². The van der Waals surface area contributed by atoms with Crippen molar-refractivity contribution in [3.05, 3.63) is 34.9 Å². The Morgan fingerprint density at radius 3 is 2.57 bits per heavy atom.